The Labute approximate surface area is 168 Å². The number of aryl methyl sites for hydroxylation is 1. The molecule has 1 unspecified atom stereocenters. The Balaban J connectivity index is 1.91. The van der Waals surface area contributed by atoms with Gasteiger partial charge in [0.05, 0.1) is 12.0 Å². The van der Waals surface area contributed by atoms with Gasteiger partial charge in [-0.2, -0.15) is 0 Å². The molecule has 1 aromatic rings. The van der Waals surface area contributed by atoms with Crippen LogP contribution in [0.25, 0.3) is 0 Å². The lowest BCUT2D eigenvalue weighted by molar-refractivity contribution is -0.142. The minimum atomic E-state index is -0.723. The zero-order chi connectivity index (χ0) is 20.5. The predicted molar refractivity (Wildman–Crippen MR) is 111 cm³/mol. The lowest BCUT2D eigenvalue weighted by Crippen LogP contribution is -2.46. The minimum Gasteiger partial charge on any atom is -0.481 e. The van der Waals surface area contributed by atoms with Crippen LogP contribution in [0.5, 0.6) is 0 Å². The zero-order valence-electron chi connectivity index (χ0n) is 17.4. The molecule has 0 heterocycles. The summed E-state index contributed by atoms with van der Waals surface area (Å²) in [6.07, 6.45) is 3.73. The molecule has 1 aliphatic carbocycles. The lowest BCUT2D eigenvalue weighted by Gasteiger charge is -2.31. The van der Waals surface area contributed by atoms with Crippen LogP contribution in [0.2, 0.25) is 0 Å². The summed E-state index contributed by atoms with van der Waals surface area (Å²) in [6, 6.07) is 8.67. The van der Waals surface area contributed by atoms with E-state index in [0.717, 1.165) is 32.4 Å². The van der Waals surface area contributed by atoms with Gasteiger partial charge in [0.2, 0.25) is 0 Å². The summed E-state index contributed by atoms with van der Waals surface area (Å²) in [5.74, 6) is -0.988. The molecule has 156 valence electrons. The standard InChI is InChI=1S/C22H35N3O3/c1-4-16-7-9-17(10-8-16)20(25(5-2)6-3)15-23-22(28)24-19-13-11-18(12-14-19)21(26)27/h7-10,18-20H,4-6,11-15H2,1-3H3,(H,26,27)(H2,23,24,28). The van der Waals surface area contributed by atoms with Gasteiger partial charge in [-0.1, -0.05) is 45.0 Å². The van der Waals surface area contributed by atoms with Crippen molar-refractivity contribution in [2.45, 2.75) is 65.0 Å². The van der Waals surface area contributed by atoms with Crippen LogP contribution in [-0.4, -0.2) is 47.7 Å². The quantitative estimate of drug-likeness (QED) is 0.603. The number of aliphatic carboxylic acids is 1. The first-order valence-electron chi connectivity index (χ1n) is 10.6. The van der Waals surface area contributed by atoms with Crippen molar-refractivity contribution in [2.75, 3.05) is 19.6 Å². The van der Waals surface area contributed by atoms with Gasteiger partial charge >= 0.3 is 12.0 Å². The topological polar surface area (TPSA) is 81.7 Å². The number of hydrogen-bond acceptors (Lipinski definition) is 3. The fraction of sp³-hybridized carbons (Fsp3) is 0.636. The van der Waals surface area contributed by atoms with Gasteiger partial charge in [-0.25, -0.2) is 4.79 Å². The van der Waals surface area contributed by atoms with E-state index in [-0.39, 0.29) is 24.0 Å². The smallest absolute Gasteiger partial charge is 0.315 e. The number of urea groups is 1. The summed E-state index contributed by atoms with van der Waals surface area (Å²) >= 11 is 0. The predicted octanol–water partition coefficient (Wildman–Crippen LogP) is 3.57. The third-order valence-electron chi connectivity index (χ3n) is 5.89. The second-order valence-electron chi connectivity index (χ2n) is 7.57. The Morgan fingerprint density at radius 2 is 1.68 bits per heavy atom. The van der Waals surface area contributed by atoms with E-state index in [4.69, 9.17) is 5.11 Å². The van der Waals surface area contributed by atoms with Gasteiger partial charge in [-0.05, 0) is 56.3 Å². The third kappa shape index (κ3) is 6.23. The fourth-order valence-corrected chi connectivity index (χ4v) is 4.01. The molecule has 1 aromatic carbocycles. The van der Waals surface area contributed by atoms with Gasteiger partial charge in [0.25, 0.3) is 0 Å². The number of amides is 2. The number of carbonyl (C=O) groups excluding carboxylic acids is 1. The highest BCUT2D eigenvalue weighted by molar-refractivity contribution is 5.74. The van der Waals surface area contributed by atoms with Crippen LogP contribution in [0.3, 0.4) is 0 Å². The van der Waals surface area contributed by atoms with E-state index in [1.165, 1.54) is 11.1 Å². The molecule has 1 aliphatic rings. The van der Waals surface area contributed by atoms with Crippen LogP contribution in [0.15, 0.2) is 24.3 Å². The third-order valence-corrected chi connectivity index (χ3v) is 5.89. The molecule has 0 radical (unpaired) electrons. The molecular weight excluding hydrogens is 354 g/mol. The number of carboxylic acid groups (broad SMARTS) is 1. The monoisotopic (exact) mass is 389 g/mol. The van der Waals surface area contributed by atoms with Gasteiger partial charge in [0.1, 0.15) is 0 Å². The number of benzene rings is 1. The summed E-state index contributed by atoms with van der Waals surface area (Å²) in [5, 5.41) is 15.1. The van der Waals surface area contributed by atoms with E-state index in [0.29, 0.717) is 19.4 Å². The van der Waals surface area contributed by atoms with Crippen molar-refractivity contribution < 1.29 is 14.7 Å². The average molecular weight is 390 g/mol. The molecule has 0 saturated heterocycles. The molecule has 28 heavy (non-hydrogen) atoms. The average Bonchev–Trinajstić information content (AvgIpc) is 2.71. The lowest BCUT2D eigenvalue weighted by atomic mass is 9.86. The van der Waals surface area contributed by atoms with Crippen LogP contribution < -0.4 is 10.6 Å². The molecule has 0 aromatic heterocycles. The number of nitrogens with one attached hydrogen (secondary N) is 2. The molecule has 2 amide bonds. The maximum atomic E-state index is 12.4. The Kier molecular flexibility index (Phi) is 8.77. The van der Waals surface area contributed by atoms with Crippen molar-refractivity contribution in [1.82, 2.24) is 15.5 Å². The fourth-order valence-electron chi connectivity index (χ4n) is 4.01. The Hall–Kier alpha value is -2.08. The number of likely N-dealkylation sites (N-methyl/N-ethyl adjacent to an activating group) is 1. The molecule has 0 spiro atoms. The molecular formula is C22H35N3O3. The summed E-state index contributed by atoms with van der Waals surface area (Å²) in [4.78, 5) is 25.8. The molecule has 6 heteroatoms. The van der Waals surface area contributed by atoms with Gasteiger partial charge in [-0.3, -0.25) is 9.69 Å². The second kappa shape index (κ2) is 11.1. The summed E-state index contributed by atoms with van der Waals surface area (Å²) in [6.45, 7) is 8.80. The van der Waals surface area contributed by atoms with Crippen LogP contribution in [-0.2, 0) is 11.2 Å². The molecule has 1 fully saturated rings. The van der Waals surface area contributed by atoms with Crippen molar-refractivity contribution in [1.29, 1.82) is 0 Å². The normalized spacial score (nSPS) is 20.6. The van der Waals surface area contributed by atoms with Crippen molar-refractivity contribution in [3.63, 3.8) is 0 Å². The molecule has 0 bridgehead atoms. The van der Waals surface area contributed by atoms with E-state index < -0.39 is 5.97 Å². The SMILES string of the molecule is CCc1ccc(C(CNC(=O)NC2CCC(C(=O)O)CC2)N(CC)CC)cc1. The number of hydrogen-bond donors (Lipinski definition) is 3. The largest absolute Gasteiger partial charge is 0.481 e. The van der Waals surface area contributed by atoms with Crippen LogP contribution >= 0.6 is 0 Å². The van der Waals surface area contributed by atoms with E-state index >= 15 is 0 Å². The zero-order valence-corrected chi connectivity index (χ0v) is 17.4. The molecule has 6 nitrogen and oxygen atoms in total. The van der Waals surface area contributed by atoms with E-state index in [1.807, 2.05) is 0 Å². The van der Waals surface area contributed by atoms with Gasteiger partial charge in [-0.15, -0.1) is 0 Å². The second-order valence-corrected chi connectivity index (χ2v) is 7.57. The highest BCUT2D eigenvalue weighted by Gasteiger charge is 2.27. The van der Waals surface area contributed by atoms with Crippen molar-refractivity contribution in [3.05, 3.63) is 35.4 Å². The van der Waals surface area contributed by atoms with Crippen LogP contribution in [0, 0.1) is 5.92 Å². The minimum absolute atomic E-state index is 0.0614. The highest BCUT2D eigenvalue weighted by Crippen LogP contribution is 2.24. The highest BCUT2D eigenvalue weighted by atomic mass is 16.4. The van der Waals surface area contributed by atoms with Gasteiger partial charge < -0.3 is 15.7 Å². The number of nitrogens with zero attached hydrogens (tertiary/aromatic N) is 1. The Bertz CT molecular complexity index is 620. The van der Waals surface area contributed by atoms with Crippen molar-refractivity contribution in [2.24, 2.45) is 5.92 Å². The van der Waals surface area contributed by atoms with E-state index in [2.05, 4.69) is 60.6 Å². The van der Waals surface area contributed by atoms with Gasteiger partial charge in [0.15, 0.2) is 0 Å². The number of carbonyl (C=O) groups is 2. The van der Waals surface area contributed by atoms with Crippen LogP contribution in [0.1, 0.15) is 63.6 Å². The van der Waals surface area contributed by atoms with Crippen molar-refractivity contribution >= 4 is 12.0 Å². The Morgan fingerprint density at radius 1 is 1.07 bits per heavy atom. The summed E-state index contributed by atoms with van der Waals surface area (Å²) in [7, 11) is 0. The van der Waals surface area contributed by atoms with E-state index in [9.17, 15) is 9.59 Å². The first-order valence-corrected chi connectivity index (χ1v) is 10.6. The number of carboxylic acids is 1. The Morgan fingerprint density at radius 3 is 2.18 bits per heavy atom. The van der Waals surface area contributed by atoms with E-state index in [1.54, 1.807) is 0 Å². The van der Waals surface area contributed by atoms with Crippen LogP contribution in [0.4, 0.5) is 4.79 Å². The number of rotatable bonds is 9. The van der Waals surface area contributed by atoms with Crippen molar-refractivity contribution in [3.8, 4) is 0 Å². The molecule has 0 aliphatic heterocycles. The molecule has 3 N–H and O–H groups in total. The first kappa shape index (κ1) is 22.2. The first-order chi connectivity index (χ1) is 13.5. The molecule has 2 rings (SSSR count). The summed E-state index contributed by atoms with van der Waals surface area (Å²) in [5.41, 5.74) is 2.52. The maximum Gasteiger partial charge on any atom is 0.315 e. The molecule has 1 atom stereocenters. The van der Waals surface area contributed by atoms with Gasteiger partial charge in [0, 0.05) is 12.6 Å². The summed E-state index contributed by atoms with van der Waals surface area (Å²) < 4.78 is 0. The molecule has 1 saturated carbocycles. The maximum absolute atomic E-state index is 12.4.